The van der Waals surface area contributed by atoms with Gasteiger partial charge < -0.3 is 30.3 Å². The smallest absolute Gasteiger partial charge is 0.490 e. The van der Waals surface area contributed by atoms with Gasteiger partial charge in [0.15, 0.2) is 5.75 Å². The van der Waals surface area contributed by atoms with Gasteiger partial charge in [-0.1, -0.05) is 64.5 Å². The summed E-state index contributed by atoms with van der Waals surface area (Å²) in [6.45, 7) is 11.2. The van der Waals surface area contributed by atoms with Crippen LogP contribution in [0.5, 0.6) is 11.6 Å². The zero-order valence-corrected chi connectivity index (χ0v) is 31.4. The van der Waals surface area contributed by atoms with Crippen LogP contribution in [-0.4, -0.2) is 47.6 Å². The number of halogens is 4. The van der Waals surface area contributed by atoms with Crippen LogP contribution >= 0.6 is 0 Å². The maximum atomic E-state index is 14.5. The second-order valence-corrected chi connectivity index (χ2v) is 12.3. The SMILES string of the molecule is C.C/C=C(/N)CCCC(C)CC.C/C=C(\C=C(\c1ccc(C#N)c(F)c1)N(C)c1ccc(-c2cnc3c(c2)OCCO3)cc1)C(C)=CO.O=C(O)C(F)(F)F. The van der Waals surface area contributed by atoms with Gasteiger partial charge in [-0.3, -0.25) is 0 Å². The number of benzene rings is 2. The number of ether oxygens (including phenoxy) is 2. The highest BCUT2D eigenvalue weighted by atomic mass is 19.4. The second-order valence-electron chi connectivity index (χ2n) is 12.3. The molecule has 2 heterocycles. The number of carboxylic acids is 1. The third-order valence-electron chi connectivity index (χ3n) is 8.46. The van der Waals surface area contributed by atoms with Gasteiger partial charge in [0.2, 0.25) is 0 Å². The highest BCUT2D eigenvalue weighted by Crippen LogP contribution is 2.34. The molecule has 4 N–H and O–H groups in total. The van der Waals surface area contributed by atoms with Crippen LogP contribution in [0, 0.1) is 23.1 Å². The molecule has 3 aromatic rings. The lowest BCUT2D eigenvalue weighted by Crippen LogP contribution is -2.21. The van der Waals surface area contributed by atoms with Gasteiger partial charge in [-0.05, 0) is 92.6 Å². The van der Waals surface area contributed by atoms with Crippen LogP contribution < -0.4 is 20.1 Å². The van der Waals surface area contributed by atoms with Crippen molar-refractivity contribution in [2.75, 3.05) is 25.2 Å². The van der Waals surface area contributed by atoms with Crippen molar-refractivity contribution < 1.29 is 42.0 Å². The molecule has 0 saturated heterocycles. The summed E-state index contributed by atoms with van der Waals surface area (Å²) in [6.07, 6.45) is 8.36. The number of nitrogens with zero attached hydrogens (tertiary/aromatic N) is 3. The number of carboxylic acid groups (broad SMARTS) is 1. The van der Waals surface area contributed by atoms with E-state index in [-0.39, 0.29) is 13.0 Å². The predicted octanol–water partition coefficient (Wildman–Crippen LogP) is 10.8. The lowest BCUT2D eigenvalue weighted by Gasteiger charge is -2.24. The van der Waals surface area contributed by atoms with Gasteiger partial charge in [-0.25, -0.2) is 14.2 Å². The molecule has 0 spiro atoms. The number of hydrogen-bond acceptors (Lipinski definition) is 8. The van der Waals surface area contributed by atoms with Crippen molar-refractivity contribution in [3.05, 3.63) is 113 Å². The molecule has 0 bridgehead atoms. The Labute approximate surface area is 321 Å². The van der Waals surface area contributed by atoms with Gasteiger partial charge in [0.05, 0.1) is 11.8 Å². The summed E-state index contributed by atoms with van der Waals surface area (Å²) in [6, 6.07) is 16.2. The number of anilines is 1. The van der Waals surface area contributed by atoms with E-state index >= 15 is 0 Å². The molecule has 1 atom stereocenters. The maximum Gasteiger partial charge on any atom is 0.490 e. The van der Waals surface area contributed by atoms with Crippen LogP contribution in [0.4, 0.5) is 23.2 Å². The van der Waals surface area contributed by atoms with Crippen molar-refractivity contribution in [3.8, 4) is 28.8 Å². The minimum Gasteiger partial charge on any atom is -0.515 e. The monoisotopic (exact) mass is 768 g/mol. The molecule has 298 valence electrons. The number of nitriles is 1. The van der Waals surface area contributed by atoms with Crippen molar-refractivity contribution in [1.29, 1.82) is 5.26 Å². The molecule has 1 aromatic heterocycles. The van der Waals surface area contributed by atoms with Crippen LogP contribution in [0.3, 0.4) is 0 Å². The Balaban J connectivity index is 0.000000661. The van der Waals surface area contributed by atoms with E-state index in [1.807, 2.05) is 80.4 Å². The summed E-state index contributed by atoms with van der Waals surface area (Å²) < 4.78 is 57.4. The zero-order valence-electron chi connectivity index (χ0n) is 31.4. The standard InChI is InChI=1S/C29H26FN3O3.C10H21N.C2HF3O2.CH4/c1-4-20(19(2)18-34)14-27(22-5-6-23(16-31)26(30)13-22)33(3)25-9-7-21(8-10-25)24-15-28-29(32-17-24)36-12-11-35-28;1-4-9(3)7-6-8-10(11)5-2;3-2(4,5)1(6)7;/h4-10,13-15,17-18,34H,11-12H2,1-3H3;5,9H,4,6-8,11H2,1-3H3;(H,6,7);1H4/b19-18?,20-4+,27-14-;10-5+;;. The molecule has 13 heteroatoms. The summed E-state index contributed by atoms with van der Waals surface area (Å²) in [5.74, 6) is -1.36. The zero-order chi connectivity index (χ0) is 40.4. The molecule has 1 aliphatic heterocycles. The van der Waals surface area contributed by atoms with Gasteiger partial charge in [0.25, 0.3) is 5.88 Å². The average molecular weight is 769 g/mol. The minimum atomic E-state index is -5.08. The summed E-state index contributed by atoms with van der Waals surface area (Å²) in [5, 5.41) is 25.8. The third kappa shape index (κ3) is 14.9. The first-order chi connectivity index (χ1) is 25.6. The van der Waals surface area contributed by atoms with Crippen molar-refractivity contribution in [2.45, 2.75) is 73.9 Å². The Hall–Kier alpha value is -5.77. The molecular formula is C42H52F4N4O5. The van der Waals surface area contributed by atoms with Gasteiger partial charge in [0.1, 0.15) is 25.1 Å². The maximum absolute atomic E-state index is 14.5. The predicted molar refractivity (Wildman–Crippen MR) is 210 cm³/mol. The molecule has 4 rings (SSSR count). The number of allylic oxidation sites excluding steroid dienone is 6. The lowest BCUT2D eigenvalue weighted by atomic mass is 10.0. The van der Waals surface area contributed by atoms with E-state index in [9.17, 15) is 22.7 Å². The largest absolute Gasteiger partial charge is 0.515 e. The van der Waals surface area contributed by atoms with Crippen molar-refractivity contribution in [3.63, 3.8) is 0 Å². The van der Waals surface area contributed by atoms with Gasteiger partial charge in [-0.15, -0.1) is 0 Å². The normalized spacial score (nSPS) is 13.5. The number of aliphatic carboxylic acids is 1. The minimum absolute atomic E-state index is 0. The van der Waals surface area contributed by atoms with Gasteiger partial charge >= 0.3 is 12.1 Å². The second kappa shape index (κ2) is 23.1. The number of carbonyl (C=O) groups is 1. The quantitative estimate of drug-likeness (QED) is 0.0987. The topological polar surface area (TPSA) is 142 Å². The average Bonchev–Trinajstić information content (AvgIpc) is 3.17. The van der Waals surface area contributed by atoms with Gasteiger partial charge in [-0.2, -0.15) is 18.4 Å². The Bertz CT molecular complexity index is 1860. The Morgan fingerprint density at radius 1 is 1.09 bits per heavy atom. The Morgan fingerprint density at radius 3 is 2.25 bits per heavy atom. The van der Waals surface area contributed by atoms with Crippen LogP contribution in [0.2, 0.25) is 0 Å². The van der Waals surface area contributed by atoms with Crippen LogP contribution in [0.15, 0.2) is 96.1 Å². The van der Waals surface area contributed by atoms with Crippen molar-refractivity contribution in [1.82, 2.24) is 4.98 Å². The summed E-state index contributed by atoms with van der Waals surface area (Å²) >= 11 is 0. The van der Waals surface area contributed by atoms with Crippen molar-refractivity contribution in [2.24, 2.45) is 11.7 Å². The number of nitrogens with two attached hydrogens (primary N) is 1. The lowest BCUT2D eigenvalue weighted by molar-refractivity contribution is -0.192. The number of hydrogen-bond donors (Lipinski definition) is 3. The number of alkyl halides is 3. The van der Waals surface area contributed by atoms with Crippen LogP contribution in [0.1, 0.15) is 78.9 Å². The molecule has 0 radical (unpaired) electrons. The fraction of sp³-hybridized carbons (Fsp3) is 0.357. The molecule has 1 unspecified atom stereocenters. The van der Waals surface area contributed by atoms with E-state index in [1.165, 1.54) is 31.4 Å². The first kappa shape index (κ1) is 47.3. The number of aliphatic hydroxyl groups is 1. The fourth-order valence-electron chi connectivity index (χ4n) is 4.90. The fourth-order valence-corrected chi connectivity index (χ4v) is 4.90. The summed E-state index contributed by atoms with van der Waals surface area (Å²) in [5.41, 5.74) is 12.1. The van der Waals surface area contributed by atoms with Gasteiger partial charge in [0, 0.05) is 41.5 Å². The first-order valence-corrected chi connectivity index (χ1v) is 17.3. The molecule has 1 aliphatic rings. The van der Waals surface area contributed by atoms with E-state index in [4.69, 9.17) is 30.4 Å². The number of fused-ring (bicyclic) bond motifs is 1. The number of rotatable bonds is 11. The van der Waals surface area contributed by atoms with E-state index in [2.05, 4.69) is 18.8 Å². The molecule has 0 saturated carbocycles. The molecule has 0 fully saturated rings. The molecule has 2 aromatic carbocycles. The van der Waals surface area contributed by atoms with E-state index in [0.717, 1.165) is 46.7 Å². The molecule has 55 heavy (non-hydrogen) atoms. The number of aromatic nitrogens is 1. The molecular weight excluding hydrogens is 716 g/mol. The summed E-state index contributed by atoms with van der Waals surface area (Å²) in [7, 11) is 1.88. The molecule has 9 nitrogen and oxygen atoms in total. The van der Waals surface area contributed by atoms with E-state index in [1.54, 1.807) is 19.2 Å². The third-order valence-corrected chi connectivity index (χ3v) is 8.46. The summed E-state index contributed by atoms with van der Waals surface area (Å²) in [4.78, 5) is 15.2. The van der Waals surface area contributed by atoms with Crippen molar-refractivity contribution >= 4 is 17.4 Å². The highest BCUT2D eigenvalue weighted by Gasteiger charge is 2.38. The van der Waals surface area contributed by atoms with Crippen LogP contribution in [0.25, 0.3) is 16.8 Å². The number of pyridine rings is 1. The Morgan fingerprint density at radius 2 is 1.73 bits per heavy atom. The molecule has 0 amide bonds. The van der Waals surface area contributed by atoms with E-state index in [0.29, 0.717) is 41.7 Å². The number of aliphatic hydroxyl groups excluding tert-OH is 1. The van der Waals surface area contributed by atoms with Crippen LogP contribution in [-0.2, 0) is 4.79 Å². The first-order valence-electron chi connectivity index (χ1n) is 17.3. The Kier molecular flexibility index (Phi) is 19.9. The highest BCUT2D eigenvalue weighted by molar-refractivity contribution is 5.82. The molecule has 0 aliphatic carbocycles. The van der Waals surface area contributed by atoms with E-state index < -0.39 is 18.0 Å².